The van der Waals surface area contributed by atoms with Crippen LogP contribution in [0.2, 0.25) is 0 Å². The molecular formula is C11H16N2S2. The minimum absolute atomic E-state index is 0.378. The van der Waals surface area contributed by atoms with Crippen molar-refractivity contribution in [1.29, 1.82) is 0 Å². The molecule has 4 heteroatoms. The molecule has 0 saturated heterocycles. The Bertz CT molecular complexity index is 283. The Morgan fingerprint density at radius 3 is 2.73 bits per heavy atom. The first-order valence-electron chi connectivity index (χ1n) is 5.07. The highest BCUT2D eigenvalue weighted by Crippen LogP contribution is 2.05. The van der Waals surface area contributed by atoms with E-state index < -0.39 is 0 Å². The molecule has 0 heterocycles. The number of allylic oxidation sites excluding steroid dienone is 4. The molecule has 2 nitrogen and oxygen atoms in total. The van der Waals surface area contributed by atoms with Crippen molar-refractivity contribution in [2.45, 2.75) is 6.92 Å². The highest BCUT2D eigenvalue weighted by atomic mass is 32.1. The lowest BCUT2D eigenvalue weighted by Crippen LogP contribution is -2.28. The molecular weight excluding hydrogens is 224 g/mol. The summed E-state index contributed by atoms with van der Waals surface area (Å²) in [7, 11) is 0. The smallest absolute Gasteiger partial charge is 0.133 e. The second-order valence-corrected chi connectivity index (χ2v) is 4.38. The number of likely N-dealkylation sites (N-methyl/N-ethyl adjacent to an activating group) is 1. The van der Waals surface area contributed by atoms with Gasteiger partial charge in [0.15, 0.2) is 0 Å². The van der Waals surface area contributed by atoms with E-state index in [4.69, 9.17) is 12.2 Å². The molecule has 0 bridgehead atoms. The maximum atomic E-state index is 4.99. The normalized spacial score (nSPS) is 15.3. The highest BCUT2D eigenvalue weighted by Gasteiger charge is 2.02. The second-order valence-electron chi connectivity index (χ2n) is 3.26. The van der Waals surface area contributed by atoms with Gasteiger partial charge in [-0.15, -0.1) is 12.6 Å². The van der Waals surface area contributed by atoms with E-state index >= 15 is 0 Å². The fourth-order valence-electron chi connectivity index (χ4n) is 1.31. The van der Waals surface area contributed by atoms with Crippen molar-refractivity contribution in [2.24, 2.45) is 10.9 Å². The van der Waals surface area contributed by atoms with Crippen LogP contribution in [0.5, 0.6) is 0 Å². The third-order valence-corrected chi connectivity index (χ3v) is 2.75. The molecule has 0 aromatic rings. The maximum absolute atomic E-state index is 4.99. The molecule has 0 aromatic heterocycles. The molecule has 0 aromatic carbocycles. The largest absolute Gasteiger partial charge is 0.356 e. The van der Waals surface area contributed by atoms with Gasteiger partial charge in [-0.3, -0.25) is 4.99 Å². The lowest BCUT2D eigenvalue weighted by Gasteiger charge is -2.18. The number of hydrogen-bond donors (Lipinski definition) is 1. The molecule has 0 unspecified atom stereocenters. The third kappa shape index (κ3) is 4.62. The SMILES string of the molecule is CCN(CCN=CC1C=CC=C1)C(=S)S. The van der Waals surface area contributed by atoms with Crippen LogP contribution in [0, 0.1) is 5.92 Å². The first-order chi connectivity index (χ1) is 7.24. The number of rotatable bonds is 5. The van der Waals surface area contributed by atoms with Gasteiger partial charge in [-0.05, 0) is 6.92 Å². The molecule has 0 aliphatic heterocycles. The van der Waals surface area contributed by atoms with Crippen LogP contribution in [0.3, 0.4) is 0 Å². The van der Waals surface area contributed by atoms with Crippen molar-refractivity contribution in [3.05, 3.63) is 24.3 Å². The minimum atomic E-state index is 0.378. The van der Waals surface area contributed by atoms with Crippen LogP contribution in [0.1, 0.15) is 6.92 Å². The molecule has 1 aliphatic rings. The highest BCUT2D eigenvalue weighted by molar-refractivity contribution is 8.10. The van der Waals surface area contributed by atoms with E-state index in [1.807, 2.05) is 23.3 Å². The second kappa shape index (κ2) is 6.80. The van der Waals surface area contributed by atoms with Gasteiger partial charge in [-0.25, -0.2) is 0 Å². The number of thiocarbonyl (C=S) groups is 1. The molecule has 0 N–H and O–H groups in total. The van der Waals surface area contributed by atoms with Crippen LogP contribution < -0.4 is 0 Å². The van der Waals surface area contributed by atoms with Gasteiger partial charge >= 0.3 is 0 Å². The summed E-state index contributed by atoms with van der Waals surface area (Å²) in [6, 6.07) is 0. The van der Waals surface area contributed by atoms with E-state index in [1.54, 1.807) is 0 Å². The Hall–Kier alpha value is -0.610. The fraction of sp³-hybridized carbons (Fsp3) is 0.455. The quantitative estimate of drug-likeness (QED) is 0.451. The van der Waals surface area contributed by atoms with Crippen molar-refractivity contribution >= 4 is 35.4 Å². The zero-order chi connectivity index (χ0) is 11.1. The van der Waals surface area contributed by atoms with Gasteiger partial charge in [-0.2, -0.15) is 0 Å². The van der Waals surface area contributed by atoms with Crippen molar-refractivity contribution in [3.8, 4) is 0 Å². The molecule has 0 spiro atoms. The Labute approximate surface area is 102 Å². The first-order valence-corrected chi connectivity index (χ1v) is 5.92. The maximum Gasteiger partial charge on any atom is 0.133 e. The lowest BCUT2D eigenvalue weighted by atomic mass is 10.2. The van der Waals surface area contributed by atoms with Crippen molar-refractivity contribution < 1.29 is 0 Å². The molecule has 1 rings (SSSR count). The summed E-state index contributed by atoms with van der Waals surface area (Å²) in [4.78, 5) is 6.38. The van der Waals surface area contributed by atoms with E-state index in [2.05, 4.69) is 36.7 Å². The van der Waals surface area contributed by atoms with Crippen LogP contribution in [0.4, 0.5) is 0 Å². The van der Waals surface area contributed by atoms with E-state index in [9.17, 15) is 0 Å². The zero-order valence-electron chi connectivity index (χ0n) is 8.84. The van der Waals surface area contributed by atoms with Gasteiger partial charge in [0.25, 0.3) is 0 Å². The average Bonchev–Trinajstić information content (AvgIpc) is 2.70. The van der Waals surface area contributed by atoms with Gasteiger partial charge in [0.2, 0.25) is 0 Å². The standard InChI is InChI=1S/C11H16N2S2/c1-2-13(11(14)15)8-7-12-9-10-5-3-4-6-10/h3-6,9-10H,2,7-8H2,1H3,(H,14,15). The number of nitrogens with zero attached hydrogens (tertiary/aromatic N) is 2. The molecule has 82 valence electrons. The molecule has 0 saturated carbocycles. The van der Waals surface area contributed by atoms with E-state index in [1.165, 1.54) is 0 Å². The molecule has 1 aliphatic carbocycles. The van der Waals surface area contributed by atoms with Gasteiger partial charge in [0.1, 0.15) is 4.32 Å². The summed E-state index contributed by atoms with van der Waals surface area (Å²) >= 11 is 9.13. The van der Waals surface area contributed by atoms with Crippen molar-refractivity contribution in [1.82, 2.24) is 4.90 Å². The van der Waals surface area contributed by atoms with Gasteiger partial charge in [0.05, 0.1) is 6.54 Å². The summed E-state index contributed by atoms with van der Waals surface area (Å²) < 4.78 is 0.647. The third-order valence-electron chi connectivity index (χ3n) is 2.21. The number of aliphatic imine (C=N–C) groups is 1. The fourth-order valence-corrected chi connectivity index (χ4v) is 1.77. The molecule has 0 radical (unpaired) electrons. The van der Waals surface area contributed by atoms with Crippen LogP contribution in [0.25, 0.3) is 0 Å². The summed E-state index contributed by atoms with van der Waals surface area (Å²) in [6.07, 6.45) is 10.3. The van der Waals surface area contributed by atoms with E-state index in [0.29, 0.717) is 10.2 Å². The number of hydrogen-bond acceptors (Lipinski definition) is 2. The van der Waals surface area contributed by atoms with E-state index in [-0.39, 0.29) is 0 Å². The lowest BCUT2D eigenvalue weighted by molar-refractivity contribution is 0.468. The van der Waals surface area contributed by atoms with Crippen LogP contribution in [0.15, 0.2) is 29.3 Å². The molecule has 0 atom stereocenters. The van der Waals surface area contributed by atoms with Gasteiger partial charge in [-0.1, -0.05) is 36.5 Å². The van der Waals surface area contributed by atoms with Crippen molar-refractivity contribution in [2.75, 3.05) is 19.6 Å². The van der Waals surface area contributed by atoms with Gasteiger partial charge in [0, 0.05) is 25.2 Å². The summed E-state index contributed by atoms with van der Waals surface area (Å²) in [5.41, 5.74) is 0. The first kappa shape index (κ1) is 12.5. The summed E-state index contributed by atoms with van der Waals surface area (Å²) in [6.45, 7) is 4.57. The number of thiol groups is 1. The minimum Gasteiger partial charge on any atom is -0.356 e. The van der Waals surface area contributed by atoms with Crippen LogP contribution in [-0.2, 0) is 0 Å². The Morgan fingerprint density at radius 1 is 1.53 bits per heavy atom. The predicted molar refractivity (Wildman–Crippen MR) is 74.0 cm³/mol. The van der Waals surface area contributed by atoms with Crippen LogP contribution in [-0.4, -0.2) is 35.1 Å². The zero-order valence-corrected chi connectivity index (χ0v) is 10.5. The Kier molecular flexibility index (Phi) is 5.65. The molecule has 15 heavy (non-hydrogen) atoms. The summed E-state index contributed by atoms with van der Waals surface area (Å²) in [5, 5.41) is 0. The van der Waals surface area contributed by atoms with E-state index in [0.717, 1.165) is 19.6 Å². The van der Waals surface area contributed by atoms with Crippen molar-refractivity contribution in [3.63, 3.8) is 0 Å². The monoisotopic (exact) mass is 240 g/mol. The molecule has 0 amide bonds. The van der Waals surface area contributed by atoms with Gasteiger partial charge < -0.3 is 4.90 Å². The average molecular weight is 240 g/mol. The Balaban J connectivity index is 2.22. The van der Waals surface area contributed by atoms with Crippen LogP contribution >= 0.6 is 24.8 Å². The predicted octanol–water partition coefficient (Wildman–Crippen LogP) is 2.34. The summed E-state index contributed by atoms with van der Waals surface area (Å²) in [5.74, 6) is 0.378. The molecule has 0 fully saturated rings. The Morgan fingerprint density at radius 2 is 2.20 bits per heavy atom. The topological polar surface area (TPSA) is 15.6 Å².